The van der Waals surface area contributed by atoms with Crippen molar-refractivity contribution in [1.82, 2.24) is 9.80 Å². The fourth-order valence-corrected chi connectivity index (χ4v) is 4.23. The van der Waals surface area contributed by atoms with Crippen LogP contribution in [0, 0.1) is 0 Å². The topological polar surface area (TPSA) is 42.0 Å². The summed E-state index contributed by atoms with van der Waals surface area (Å²) in [5.41, 5.74) is 0.750. The minimum atomic E-state index is 0.158. The molecule has 0 aromatic heterocycles. The van der Waals surface area contributed by atoms with Crippen molar-refractivity contribution >= 4 is 5.78 Å². The summed E-state index contributed by atoms with van der Waals surface area (Å²) in [6, 6.07) is 8.31. The van der Waals surface area contributed by atoms with Gasteiger partial charge in [-0.05, 0) is 70.8 Å². The molecule has 0 radical (unpaired) electrons. The number of likely N-dealkylation sites (tertiary alicyclic amines) is 1. The highest BCUT2D eigenvalue weighted by Crippen LogP contribution is 2.18. The van der Waals surface area contributed by atoms with Crippen LogP contribution in [-0.2, 0) is 4.74 Å². The minimum Gasteiger partial charge on any atom is -0.494 e. The Morgan fingerprint density at radius 2 is 1.85 bits per heavy atom. The number of carbonyl (C=O) groups is 1. The molecule has 0 saturated carbocycles. The molecule has 2 fully saturated rings. The maximum absolute atomic E-state index is 12.5. The van der Waals surface area contributed by atoms with Gasteiger partial charge in [0.2, 0.25) is 0 Å². The van der Waals surface area contributed by atoms with Crippen molar-refractivity contribution in [3.8, 4) is 5.75 Å². The molecule has 1 aromatic carbocycles. The van der Waals surface area contributed by atoms with E-state index in [1.54, 1.807) is 0 Å². The molecule has 2 saturated heterocycles. The Morgan fingerprint density at radius 1 is 1.15 bits per heavy atom. The summed E-state index contributed by atoms with van der Waals surface area (Å²) in [4.78, 5) is 17.3. The third kappa shape index (κ3) is 6.03. The first-order valence-corrected chi connectivity index (χ1v) is 10.4. The van der Waals surface area contributed by atoms with Crippen LogP contribution in [0.3, 0.4) is 0 Å². The number of morpholine rings is 1. The van der Waals surface area contributed by atoms with Gasteiger partial charge in [-0.3, -0.25) is 9.69 Å². The maximum Gasteiger partial charge on any atom is 0.176 e. The number of carbonyl (C=O) groups excluding carboxylic acids is 1. The van der Waals surface area contributed by atoms with E-state index in [-0.39, 0.29) is 18.0 Å². The number of ether oxygens (including phenoxy) is 2. The quantitative estimate of drug-likeness (QED) is 0.516. The molecule has 0 amide bonds. The van der Waals surface area contributed by atoms with Gasteiger partial charge in [-0.15, -0.1) is 0 Å². The summed E-state index contributed by atoms with van der Waals surface area (Å²) in [7, 11) is 0. The molecule has 150 valence electrons. The number of benzene rings is 1. The zero-order valence-electron chi connectivity index (χ0n) is 17.0. The van der Waals surface area contributed by atoms with Crippen LogP contribution in [-0.4, -0.2) is 73.2 Å². The monoisotopic (exact) mass is 374 g/mol. The minimum absolute atomic E-state index is 0.158. The van der Waals surface area contributed by atoms with E-state index in [0.29, 0.717) is 12.6 Å². The molecule has 0 bridgehead atoms. The molecule has 0 aliphatic carbocycles. The lowest BCUT2D eigenvalue weighted by Gasteiger charge is -2.34. The van der Waals surface area contributed by atoms with Crippen LogP contribution in [0.2, 0.25) is 0 Å². The number of nitrogens with zero attached hydrogens (tertiary/aromatic N) is 2. The van der Waals surface area contributed by atoms with E-state index in [9.17, 15) is 4.79 Å². The Labute approximate surface area is 163 Å². The highest BCUT2D eigenvalue weighted by Gasteiger charge is 2.24. The van der Waals surface area contributed by atoms with Gasteiger partial charge in [-0.1, -0.05) is 0 Å². The van der Waals surface area contributed by atoms with Crippen molar-refractivity contribution in [3.05, 3.63) is 29.8 Å². The summed E-state index contributed by atoms with van der Waals surface area (Å²) in [6.45, 7) is 11.5. The van der Waals surface area contributed by atoms with Crippen LogP contribution >= 0.6 is 0 Å². The van der Waals surface area contributed by atoms with Crippen LogP contribution in [0.4, 0.5) is 0 Å². The van der Waals surface area contributed by atoms with E-state index in [2.05, 4.69) is 30.6 Å². The molecular formula is C22H34N2O3. The number of hydrogen-bond acceptors (Lipinski definition) is 5. The van der Waals surface area contributed by atoms with Gasteiger partial charge in [-0.2, -0.15) is 0 Å². The van der Waals surface area contributed by atoms with Crippen LogP contribution in [0.5, 0.6) is 5.75 Å². The Kier molecular flexibility index (Phi) is 7.27. The second-order valence-corrected chi connectivity index (χ2v) is 8.13. The number of Topliss-reactive ketones (excluding diaryl/α,β-unsaturated/α-hetero) is 1. The first-order chi connectivity index (χ1) is 13.0. The second-order valence-electron chi connectivity index (χ2n) is 8.13. The summed E-state index contributed by atoms with van der Waals surface area (Å²) in [5, 5.41) is 0. The molecule has 0 spiro atoms. The highest BCUT2D eigenvalue weighted by atomic mass is 16.5. The van der Waals surface area contributed by atoms with Gasteiger partial charge in [0.25, 0.3) is 0 Å². The average Bonchev–Trinajstić information content (AvgIpc) is 3.03. The van der Waals surface area contributed by atoms with Crippen LogP contribution < -0.4 is 4.74 Å². The maximum atomic E-state index is 12.5. The smallest absolute Gasteiger partial charge is 0.176 e. The summed E-state index contributed by atoms with van der Waals surface area (Å²) in [5.74, 6) is 1.00. The fraction of sp³-hybridized carbons (Fsp3) is 0.682. The third-order valence-electron chi connectivity index (χ3n) is 5.59. The van der Waals surface area contributed by atoms with E-state index in [1.165, 1.54) is 19.4 Å². The molecule has 27 heavy (non-hydrogen) atoms. The lowest BCUT2D eigenvalue weighted by molar-refractivity contribution is -0.0652. The van der Waals surface area contributed by atoms with Crippen molar-refractivity contribution in [2.45, 2.75) is 58.3 Å². The van der Waals surface area contributed by atoms with Crippen molar-refractivity contribution < 1.29 is 14.3 Å². The molecule has 5 heteroatoms. The molecule has 3 rings (SSSR count). The van der Waals surface area contributed by atoms with Crippen molar-refractivity contribution in [2.75, 3.05) is 39.3 Å². The van der Waals surface area contributed by atoms with E-state index < -0.39 is 0 Å². The lowest BCUT2D eigenvalue weighted by Crippen LogP contribution is -2.47. The van der Waals surface area contributed by atoms with Gasteiger partial charge in [0, 0.05) is 31.2 Å². The van der Waals surface area contributed by atoms with Gasteiger partial charge in [-0.25, -0.2) is 0 Å². The van der Waals surface area contributed by atoms with Gasteiger partial charge >= 0.3 is 0 Å². The van der Waals surface area contributed by atoms with Crippen LogP contribution in [0.25, 0.3) is 0 Å². The lowest BCUT2D eigenvalue weighted by atomic mass is 10.1. The molecule has 0 unspecified atom stereocenters. The van der Waals surface area contributed by atoms with Gasteiger partial charge in [0.05, 0.1) is 25.4 Å². The fourth-order valence-electron chi connectivity index (χ4n) is 4.23. The van der Waals surface area contributed by atoms with E-state index >= 15 is 0 Å². The van der Waals surface area contributed by atoms with E-state index in [0.717, 1.165) is 44.0 Å². The molecule has 2 aliphatic rings. The van der Waals surface area contributed by atoms with Gasteiger partial charge < -0.3 is 14.4 Å². The SMILES string of the molecule is C[C@@H]1CN(CC(=O)c2ccc(OCCCN3CCC[C@H]3C)cc2)C[C@H](C)O1. The first-order valence-electron chi connectivity index (χ1n) is 10.4. The number of ketones is 1. The first kappa shape index (κ1) is 20.3. The summed E-state index contributed by atoms with van der Waals surface area (Å²) < 4.78 is 11.6. The molecule has 0 N–H and O–H groups in total. The van der Waals surface area contributed by atoms with E-state index in [4.69, 9.17) is 9.47 Å². The van der Waals surface area contributed by atoms with Crippen molar-refractivity contribution in [3.63, 3.8) is 0 Å². The second kappa shape index (κ2) is 9.67. The zero-order chi connectivity index (χ0) is 19.2. The molecule has 2 heterocycles. The molecule has 2 aliphatic heterocycles. The zero-order valence-corrected chi connectivity index (χ0v) is 17.0. The number of hydrogen-bond donors (Lipinski definition) is 0. The predicted octanol–water partition coefficient (Wildman–Crippen LogP) is 3.23. The standard InChI is InChI=1S/C22H34N2O3/c1-17-6-4-11-24(17)12-5-13-26-21-9-7-20(8-10-21)22(25)16-23-14-18(2)27-19(3)15-23/h7-10,17-19H,4-6,11-16H2,1-3H3/t17-,18-,19+/m1/s1. The number of rotatable bonds is 8. The van der Waals surface area contributed by atoms with Crippen LogP contribution in [0.1, 0.15) is 50.4 Å². The molecule has 1 aromatic rings. The Balaban J connectivity index is 1.40. The Hall–Kier alpha value is -1.43. The molecule has 3 atom stereocenters. The normalized spacial score (nSPS) is 27.0. The largest absolute Gasteiger partial charge is 0.494 e. The Bertz CT molecular complexity index is 594. The van der Waals surface area contributed by atoms with Gasteiger partial charge in [0.1, 0.15) is 5.75 Å². The predicted molar refractivity (Wildman–Crippen MR) is 108 cm³/mol. The summed E-state index contributed by atoms with van der Waals surface area (Å²) >= 11 is 0. The van der Waals surface area contributed by atoms with Crippen molar-refractivity contribution in [2.24, 2.45) is 0 Å². The molecule has 5 nitrogen and oxygen atoms in total. The Morgan fingerprint density at radius 3 is 2.48 bits per heavy atom. The van der Waals surface area contributed by atoms with Crippen molar-refractivity contribution in [1.29, 1.82) is 0 Å². The van der Waals surface area contributed by atoms with Gasteiger partial charge in [0.15, 0.2) is 5.78 Å². The average molecular weight is 375 g/mol. The van der Waals surface area contributed by atoms with Crippen LogP contribution in [0.15, 0.2) is 24.3 Å². The summed E-state index contributed by atoms with van der Waals surface area (Å²) in [6.07, 6.45) is 4.04. The van der Waals surface area contributed by atoms with E-state index in [1.807, 2.05) is 24.3 Å². The third-order valence-corrected chi connectivity index (χ3v) is 5.59. The molecular weight excluding hydrogens is 340 g/mol. The highest BCUT2D eigenvalue weighted by molar-refractivity contribution is 5.97.